The van der Waals surface area contributed by atoms with E-state index in [9.17, 15) is 32.7 Å². The number of nitrogens with zero attached hydrogens (tertiary/aromatic N) is 4. The highest BCUT2D eigenvalue weighted by Crippen LogP contribution is 2.50. The quantitative estimate of drug-likeness (QED) is 0.0976. The second-order valence-corrected chi connectivity index (χ2v) is 22.3. The first kappa shape index (κ1) is 47.9. The average Bonchev–Trinajstić information content (AvgIpc) is 3.70. The monoisotopic (exact) mass is 1110 g/mol. The lowest BCUT2D eigenvalue weighted by molar-refractivity contribution is 0.00761. The van der Waals surface area contributed by atoms with E-state index in [0.29, 0.717) is 46.4 Å². The Labute approximate surface area is 395 Å². The number of H-pyrrole nitrogens is 1. The minimum atomic E-state index is -3.85. The van der Waals surface area contributed by atoms with Crippen LogP contribution in [0.15, 0.2) is 63.1 Å². The number of aryl methyl sites for hydroxylation is 1. The minimum absolute atomic E-state index is 0.0133. The van der Waals surface area contributed by atoms with E-state index in [1.165, 1.54) is 7.11 Å². The Morgan fingerprint density at radius 1 is 0.778 bits per heavy atom. The number of hydrogen-bond donors (Lipinski definition) is 2. The first-order valence-corrected chi connectivity index (χ1v) is 23.9. The number of carboxylic acid groups (broad SMARTS) is 1. The van der Waals surface area contributed by atoms with Crippen LogP contribution in [0.4, 0.5) is 21.0 Å². The summed E-state index contributed by atoms with van der Waals surface area (Å²) in [5, 5.41) is 9.23. The molecule has 2 N–H and O–H groups in total. The number of amides is 2. The van der Waals surface area contributed by atoms with Gasteiger partial charge >= 0.3 is 24.1 Å². The maximum absolute atomic E-state index is 13.8. The number of nitrogens with one attached hydrogen (secondary N) is 1. The second kappa shape index (κ2) is 18.1. The van der Waals surface area contributed by atoms with Crippen LogP contribution in [0.1, 0.15) is 84.2 Å². The lowest BCUT2D eigenvalue weighted by atomic mass is 9.98. The molecule has 2 aliphatic heterocycles. The van der Waals surface area contributed by atoms with Crippen LogP contribution in [0.25, 0.3) is 17.0 Å². The molecule has 1 aliphatic carbocycles. The summed E-state index contributed by atoms with van der Waals surface area (Å²) >= 11 is 4.19. The predicted octanol–water partition coefficient (Wildman–Crippen LogP) is 8.67. The number of aromatic carboxylic acids is 1. The largest absolute Gasteiger partial charge is 0.478 e. The Kier molecular flexibility index (Phi) is 13.8. The molecule has 7 rings (SSSR count). The van der Waals surface area contributed by atoms with Gasteiger partial charge in [-0.2, -0.15) is 0 Å². The summed E-state index contributed by atoms with van der Waals surface area (Å²) in [5.74, 6) is -1.55. The number of sulfone groups is 1. The number of anilines is 2. The van der Waals surface area contributed by atoms with Crippen LogP contribution in [0, 0.1) is 10.6 Å². The molecule has 1 aromatic heterocycles. The number of hydrogen-bond acceptors (Lipinski definition) is 11. The Morgan fingerprint density at radius 2 is 1.27 bits per heavy atom. The number of methoxy groups -OCH3 is 1. The Balaban J connectivity index is 0.000000223. The molecule has 63 heavy (non-hydrogen) atoms. The molecule has 338 valence electrons. The molecule has 2 amide bonds. The third-order valence-electron chi connectivity index (χ3n) is 11.0. The lowest BCUT2D eigenvalue weighted by Crippen LogP contribution is -2.61. The highest BCUT2D eigenvalue weighted by molar-refractivity contribution is 14.1. The smallest absolute Gasteiger partial charge is 0.410 e. The Bertz CT molecular complexity index is 2590. The van der Waals surface area contributed by atoms with E-state index < -0.39 is 38.2 Å². The number of ether oxygens (including phenoxy) is 3. The van der Waals surface area contributed by atoms with Gasteiger partial charge < -0.3 is 43.9 Å². The van der Waals surface area contributed by atoms with E-state index in [1.54, 1.807) is 46.2 Å². The van der Waals surface area contributed by atoms with Gasteiger partial charge in [0.05, 0.1) is 44.4 Å². The van der Waals surface area contributed by atoms with Crippen molar-refractivity contribution >= 4 is 107 Å². The van der Waals surface area contributed by atoms with Gasteiger partial charge in [-0.15, -0.1) is 0 Å². The molecule has 3 heterocycles. The molecule has 0 saturated carbocycles. The first-order valence-electron chi connectivity index (χ1n) is 20.2. The maximum atomic E-state index is 13.8. The molecule has 1 atom stereocenters. The van der Waals surface area contributed by atoms with Gasteiger partial charge in [-0.25, -0.2) is 27.6 Å². The maximum Gasteiger partial charge on any atom is 0.410 e. The zero-order valence-electron chi connectivity index (χ0n) is 36.9. The lowest BCUT2D eigenvalue weighted by Gasteiger charge is -2.45. The summed E-state index contributed by atoms with van der Waals surface area (Å²) in [6.07, 6.45) is 1.17. The van der Waals surface area contributed by atoms with Crippen LogP contribution < -0.4 is 9.80 Å². The van der Waals surface area contributed by atoms with Crippen molar-refractivity contribution in [2.45, 2.75) is 81.9 Å². The molecule has 3 aromatic carbocycles. The Hall–Kier alpha value is -4.57. The fourth-order valence-corrected chi connectivity index (χ4v) is 11.5. The van der Waals surface area contributed by atoms with Gasteiger partial charge in [0.1, 0.15) is 16.5 Å². The van der Waals surface area contributed by atoms with E-state index in [4.69, 9.17) is 14.2 Å². The summed E-state index contributed by atoms with van der Waals surface area (Å²) in [6, 6.07) is 15.7. The number of likely N-dealkylation sites (tertiary alicyclic amines) is 2. The fourth-order valence-electron chi connectivity index (χ4n) is 7.58. The molecule has 0 bridgehead atoms. The standard InChI is InChI=1S/C27H31IN2O6S.C18H22IN3O4/c1-16-7-9-18(10-8-16)37(33,34)24-21(28)13-20-22(12-11-19(23(20)24)25(31)35-6)29(5)17-14-30(15-17)26(32)36-27(2,3)4;1-18(2,3)26-17(25)22-8-10(9-22)21(4)13-6-5-11(16(23)24)15-12(13)7-14(19)20-15/h7-13,17,24H,14-15H2,1-6H3;5-7,10,20H,8-9H2,1-4H3,(H,23,24). The topological polar surface area (TPSA) is 179 Å². The van der Waals surface area contributed by atoms with Crippen LogP contribution in [-0.2, 0) is 24.0 Å². The molecule has 18 heteroatoms. The number of benzene rings is 3. The zero-order valence-corrected chi connectivity index (χ0v) is 42.0. The molecule has 15 nitrogen and oxygen atoms in total. The molecule has 2 saturated heterocycles. The van der Waals surface area contributed by atoms with Crippen molar-refractivity contribution in [2.24, 2.45) is 0 Å². The molecule has 0 spiro atoms. The summed E-state index contributed by atoms with van der Waals surface area (Å²) in [6.45, 7) is 15.0. The van der Waals surface area contributed by atoms with Crippen molar-refractivity contribution in [1.82, 2.24) is 14.8 Å². The number of esters is 1. The van der Waals surface area contributed by atoms with Gasteiger partial charge in [0.15, 0.2) is 9.84 Å². The zero-order chi connectivity index (χ0) is 46.5. The molecule has 2 fully saturated rings. The van der Waals surface area contributed by atoms with Gasteiger partial charge in [-0.3, -0.25) is 0 Å². The van der Waals surface area contributed by atoms with Crippen molar-refractivity contribution in [2.75, 3.05) is 57.2 Å². The van der Waals surface area contributed by atoms with Crippen molar-refractivity contribution in [3.63, 3.8) is 0 Å². The van der Waals surface area contributed by atoms with E-state index in [1.807, 2.05) is 114 Å². The number of aromatic amines is 1. The van der Waals surface area contributed by atoms with E-state index in [2.05, 4.69) is 32.5 Å². The Morgan fingerprint density at radius 3 is 1.76 bits per heavy atom. The van der Waals surface area contributed by atoms with Crippen LogP contribution >= 0.6 is 45.2 Å². The summed E-state index contributed by atoms with van der Waals surface area (Å²) in [7, 11) is 1.31. The van der Waals surface area contributed by atoms with Crippen LogP contribution in [0.3, 0.4) is 0 Å². The number of aromatic nitrogens is 1. The average molecular weight is 1110 g/mol. The van der Waals surface area contributed by atoms with Gasteiger partial charge in [-0.1, -0.05) is 17.7 Å². The predicted molar refractivity (Wildman–Crippen MR) is 259 cm³/mol. The summed E-state index contributed by atoms with van der Waals surface area (Å²) in [4.78, 5) is 59.4. The van der Waals surface area contributed by atoms with Crippen molar-refractivity contribution in [1.29, 1.82) is 0 Å². The first-order chi connectivity index (χ1) is 29.3. The third-order valence-corrected chi connectivity index (χ3v) is 15.0. The van der Waals surface area contributed by atoms with Crippen LogP contribution in [0.2, 0.25) is 0 Å². The normalized spacial score (nSPS) is 16.5. The third kappa shape index (κ3) is 10.2. The molecule has 0 radical (unpaired) electrons. The number of fused-ring (bicyclic) bond motifs is 2. The van der Waals surface area contributed by atoms with Gasteiger partial charge in [-0.05, 0) is 148 Å². The van der Waals surface area contributed by atoms with Gasteiger partial charge in [0.2, 0.25) is 0 Å². The van der Waals surface area contributed by atoms with Crippen molar-refractivity contribution in [3.8, 4) is 0 Å². The van der Waals surface area contributed by atoms with E-state index in [-0.39, 0.29) is 40.3 Å². The number of rotatable bonds is 8. The van der Waals surface area contributed by atoms with Gasteiger partial charge in [0.25, 0.3) is 0 Å². The number of likely N-dealkylation sites (N-methyl/N-ethyl adjacent to an activating group) is 2. The van der Waals surface area contributed by atoms with Crippen LogP contribution in [-0.4, -0.2) is 123 Å². The summed E-state index contributed by atoms with van der Waals surface area (Å²) in [5.41, 5.74) is 3.80. The molecule has 3 aliphatic rings. The van der Waals surface area contributed by atoms with E-state index >= 15 is 0 Å². The molecule has 1 unspecified atom stereocenters. The molecular formula is C45H53I2N5O10S. The van der Waals surface area contributed by atoms with Crippen molar-refractivity contribution in [3.05, 3.63) is 89.7 Å². The highest BCUT2D eigenvalue weighted by atomic mass is 127. The molecule has 4 aromatic rings. The SMILES string of the molecule is CN(c1ccc(C(=O)O)c2[nH]c(I)cc12)C1CN(C(=O)OC(C)(C)C)C1.COC(=O)c1ccc(N(C)C2CN(C(=O)OC(C)(C)C)C2)c2c1C(S(=O)(=O)c1ccc(C)cc1)C(I)=C2. The number of carbonyl (C=O) groups is 4. The number of carbonyl (C=O) groups excluding carboxylic acids is 3. The number of halogens is 2. The van der Waals surface area contributed by atoms with Crippen LogP contribution in [0.5, 0.6) is 0 Å². The fraction of sp³-hybridized carbons (Fsp3) is 0.422. The minimum Gasteiger partial charge on any atom is -0.478 e. The van der Waals surface area contributed by atoms with Crippen molar-refractivity contribution < 1.29 is 46.9 Å². The second-order valence-electron chi connectivity index (χ2n) is 17.9. The van der Waals surface area contributed by atoms with E-state index in [0.717, 1.165) is 26.0 Å². The van der Waals surface area contributed by atoms with Gasteiger partial charge in [0, 0.05) is 66.2 Å². The summed E-state index contributed by atoms with van der Waals surface area (Å²) < 4.78 is 45.0. The molecular weight excluding hydrogens is 1060 g/mol. The highest BCUT2D eigenvalue weighted by Gasteiger charge is 2.43. The number of carboxylic acids is 1.